The molecule has 0 spiro atoms. The van der Waals surface area contributed by atoms with E-state index in [1.54, 1.807) is 0 Å². The van der Waals surface area contributed by atoms with Crippen LogP contribution in [0.2, 0.25) is 0 Å². The predicted molar refractivity (Wildman–Crippen MR) is 84.2 cm³/mol. The zero-order valence-corrected chi connectivity index (χ0v) is 14.0. The molecule has 1 unspecified atom stereocenters. The first-order chi connectivity index (χ1) is 11.5. The summed E-state index contributed by atoms with van der Waals surface area (Å²) < 4.78 is 20.0. The molecular weight excluding hydrogens is 320 g/mol. The lowest BCUT2D eigenvalue weighted by molar-refractivity contribution is -0.158. The Hall–Kier alpha value is -1.93. The summed E-state index contributed by atoms with van der Waals surface area (Å²) in [7, 11) is 1.26. The van der Waals surface area contributed by atoms with E-state index in [9.17, 15) is 14.4 Å². The third-order valence-electron chi connectivity index (χ3n) is 3.02. The fourth-order valence-corrected chi connectivity index (χ4v) is 1.71. The summed E-state index contributed by atoms with van der Waals surface area (Å²) in [5.41, 5.74) is 0. The Balaban J connectivity index is 3.80. The number of carbonyl (C=O) groups is 3. The monoisotopic (exact) mass is 346 g/mol. The maximum Gasteiger partial charge on any atom is 0.330 e. The smallest absolute Gasteiger partial charge is 0.330 e. The molecule has 0 saturated heterocycles. The van der Waals surface area contributed by atoms with Gasteiger partial charge >= 0.3 is 17.9 Å². The number of carbonyl (C=O) groups excluding carboxylic acids is 2. The molecule has 138 valence electrons. The summed E-state index contributed by atoms with van der Waals surface area (Å²) in [6.45, 7) is 3.60. The first-order valence-corrected chi connectivity index (χ1v) is 7.76. The van der Waals surface area contributed by atoms with Crippen LogP contribution in [0.3, 0.4) is 0 Å². The van der Waals surface area contributed by atoms with E-state index in [4.69, 9.17) is 19.3 Å². The number of hydrogen-bond donors (Lipinski definition) is 1. The van der Waals surface area contributed by atoms with E-state index in [-0.39, 0.29) is 26.2 Å². The van der Waals surface area contributed by atoms with Gasteiger partial charge in [0.15, 0.2) is 0 Å². The van der Waals surface area contributed by atoms with E-state index in [0.717, 1.165) is 25.3 Å². The number of methoxy groups -OCH3 is 1. The van der Waals surface area contributed by atoms with E-state index >= 15 is 0 Å². The Morgan fingerprint density at radius 3 is 2.50 bits per heavy atom. The number of aliphatic carboxylic acids is 1. The summed E-state index contributed by atoms with van der Waals surface area (Å²) in [5, 5.41) is 8.50. The van der Waals surface area contributed by atoms with Gasteiger partial charge in [0.2, 0.25) is 0 Å². The largest absolute Gasteiger partial charge is 0.481 e. The van der Waals surface area contributed by atoms with Gasteiger partial charge in [-0.05, 0) is 12.8 Å². The first kappa shape index (κ1) is 22.1. The Morgan fingerprint density at radius 1 is 1.17 bits per heavy atom. The van der Waals surface area contributed by atoms with Gasteiger partial charge in [-0.3, -0.25) is 9.59 Å². The van der Waals surface area contributed by atoms with Gasteiger partial charge < -0.3 is 24.1 Å². The minimum absolute atomic E-state index is 0.0393. The Bertz CT molecular complexity index is 394. The van der Waals surface area contributed by atoms with Crippen LogP contribution in [-0.2, 0) is 33.3 Å². The first-order valence-electron chi connectivity index (χ1n) is 7.76. The van der Waals surface area contributed by atoms with Crippen LogP contribution in [0, 0.1) is 0 Å². The maximum atomic E-state index is 11.3. The molecule has 0 amide bonds. The van der Waals surface area contributed by atoms with E-state index < -0.39 is 24.0 Å². The molecule has 0 aliphatic rings. The van der Waals surface area contributed by atoms with Crippen LogP contribution in [-0.4, -0.2) is 56.2 Å². The van der Waals surface area contributed by atoms with Crippen molar-refractivity contribution in [2.24, 2.45) is 0 Å². The van der Waals surface area contributed by atoms with Crippen LogP contribution >= 0.6 is 0 Å². The van der Waals surface area contributed by atoms with E-state index in [1.807, 2.05) is 0 Å². The molecule has 24 heavy (non-hydrogen) atoms. The molecule has 0 fully saturated rings. The van der Waals surface area contributed by atoms with Crippen molar-refractivity contribution in [3.63, 3.8) is 0 Å². The average molecular weight is 346 g/mol. The van der Waals surface area contributed by atoms with Crippen molar-refractivity contribution in [1.29, 1.82) is 0 Å². The molecule has 1 N–H and O–H groups in total. The number of esters is 2. The van der Waals surface area contributed by atoms with Gasteiger partial charge in [0.05, 0.1) is 13.5 Å². The fourth-order valence-electron chi connectivity index (χ4n) is 1.71. The molecule has 8 nitrogen and oxygen atoms in total. The molecule has 0 rings (SSSR count). The van der Waals surface area contributed by atoms with Crippen LogP contribution in [0.5, 0.6) is 0 Å². The van der Waals surface area contributed by atoms with Crippen molar-refractivity contribution in [3.05, 3.63) is 12.7 Å². The molecule has 0 aromatic carbocycles. The van der Waals surface area contributed by atoms with Crippen molar-refractivity contribution in [2.75, 3.05) is 27.1 Å². The van der Waals surface area contributed by atoms with Crippen LogP contribution < -0.4 is 0 Å². The zero-order chi connectivity index (χ0) is 18.2. The Labute approximate surface area is 141 Å². The molecule has 0 aromatic rings. The summed E-state index contributed by atoms with van der Waals surface area (Å²) in [6, 6.07) is 0. The van der Waals surface area contributed by atoms with Gasteiger partial charge in [0, 0.05) is 19.1 Å². The fraction of sp³-hybridized carbons (Fsp3) is 0.688. The van der Waals surface area contributed by atoms with Crippen LogP contribution in [0.4, 0.5) is 0 Å². The highest BCUT2D eigenvalue weighted by Gasteiger charge is 2.17. The molecule has 8 heteroatoms. The lowest BCUT2D eigenvalue weighted by Crippen LogP contribution is -2.26. The van der Waals surface area contributed by atoms with Crippen molar-refractivity contribution >= 4 is 17.9 Å². The predicted octanol–water partition coefficient (Wildman–Crippen LogP) is 1.67. The number of hydrogen-bond acceptors (Lipinski definition) is 7. The molecular formula is C16H26O8. The normalized spacial score (nSPS) is 11.5. The molecule has 0 aromatic heterocycles. The summed E-state index contributed by atoms with van der Waals surface area (Å²) in [6.07, 6.45) is 3.64. The second-order valence-corrected chi connectivity index (χ2v) is 4.99. The summed E-state index contributed by atoms with van der Waals surface area (Å²) in [4.78, 5) is 32.6. The molecule has 1 atom stereocenters. The second kappa shape index (κ2) is 14.6. The lowest BCUT2D eigenvalue weighted by Gasteiger charge is -2.16. The minimum Gasteiger partial charge on any atom is -0.481 e. The highest BCUT2D eigenvalue weighted by Crippen LogP contribution is 2.05. The Morgan fingerprint density at radius 2 is 1.88 bits per heavy atom. The average Bonchev–Trinajstić information content (AvgIpc) is 2.56. The van der Waals surface area contributed by atoms with Crippen molar-refractivity contribution < 1.29 is 38.4 Å². The maximum absolute atomic E-state index is 11.3. The third kappa shape index (κ3) is 13.7. The summed E-state index contributed by atoms with van der Waals surface area (Å²) >= 11 is 0. The number of carboxylic acids is 1. The standard InChI is InChI=1S/C16H26O8/c1-3-15(19)23-11-13(10-16(20)21-2)24-12-22-9-7-5-4-6-8-14(17)18/h3,13H,1,4-12H2,2H3,(H,17,18). The van der Waals surface area contributed by atoms with E-state index in [0.29, 0.717) is 13.0 Å². The van der Waals surface area contributed by atoms with Crippen molar-refractivity contribution in [1.82, 2.24) is 0 Å². The highest BCUT2D eigenvalue weighted by molar-refractivity contribution is 5.81. The number of unbranched alkanes of at least 4 members (excludes halogenated alkanes) is 3. The number of carboxylic acid groups (broad SMARTS) is 1. The minimum atomic E-state index is -0.784. The zero-order valence-electron chi connectivity index (χ0n) is 14.0. The molecule has 0 bridgehead atoms. The van der Waals surface area contributed by atoms with Gasteiger partial charge in [0.25, 0.3) is 0 Å². The molecule has 0 heterocycles. The molecule has 0 aliphatic carbocycles. The highest BCUT2D eigenvalue weighted by atomic mass is 16.7. The second-order valence-electron chi connectivity index (χ2n) is 4.99. The van der Waals surface area contributed by atoms with Gasteiger partial charge in [-0.2, -0.15) is 0 Å². The van der Waals surface area contributed by atoms with Gasteiger partial charge in [0.1, 0.15) is 19.5 Å². The molecule has 0 saturated carbocycles. The van der Waals surface area contributed by atoms with Gasteiger partial charge in [-0.25, -0.2) is 4.79 Å². The van der Waals surface area contributed by atoms with Gasteiger partial charge in [-0.1, -0.05) is 19.4 Å². The quantitative estimate of drug-likeness (QED) is 0.206. The van der Waals surface area contributed by atoms with E-state index in [2.05, 4.69) is 11.3 Å². The van der Waals surface area contributed by atoms with Gasteiger partial charge in [-0.15, -0.1) is 0 Å². The third-order valence-corrected chi connectivity index (χ3v) is 3.02. The lowest BCUT2D eigenvalue weighted by atomic mass is 10.1. The van der Waals surface area contributed by atoms with Crippen molar-refractivity contribution in [2.45, 2.75) is 44.6 Å². The SMILES string of the molecule is C=CC(=O)OCC(CC(=O)OC)OCOCCCCCCC(=O)O. The summed E-state index contributed by atoms with van der Waals surface area (Å²) in [5.74, 6) is -1.86. The molecule has 0 aliphatic heterocycles. The van der Waals surface area contributed by atoms with Crippen molar-refractivity contribution in [3.8, 4) is 0 Å². The topological polar surface area (TPSA) is 108 Å². The Kier molecular flexibility index (Phi) is 13.5. The molecule has 0 radical (unpaired) electrons. The van der Waals surface area contributed by atoms with Crippen LogP contribution in [0.25, 0.3) is 0 Å². The number of ether oxygens (including phenoxy) is 4. The number of rotatable bonds is 15. The van der Waals surface area contributed by atoms with Crippen LogP contribution in [0.15, 0.2) is 12.7 Å². The van der Waals surface area contributed by atoms with Crippen LogP contribution in [0.1, 0.15) is 38.5 Å². The van der Waals surface area contributed by atoms with E-state index in [1.165, 1.54) is 7.11 Å².